The summed E-state index contributed by atoms with van der Waals surface area (Å²) in [7, 11) is 0. The van der Waals surface area contributed by atoms with E-state index in [1.54, 1.807) is 6.20 Å². The zero-order chi connectivity index (χ0) is 10.3. The highest BCUT2D eigenvalue weighted by Gasteiger charge is 2.08. The summed E-state index contributed by atoms with van der Waals surface area (Å²) in [5.41, 5.74) is 2.10. The minimum absolute atomic E-state index is 0.633. The molecule has 2 aromatic rings. The summed E-state index contributed by atoms with van der Waals surface area (Å²) in [6.45, 7) is 2.04. The van der Waals surface area contributed by atoms with E-state index in [2.05, 4.69) is 36.8 Å². The number of hydrogen-bond acceptors (Lipinski definition) is 1. The van der Waals surface area contributed by atoms with Crippen LogP contribution in [0.25, 0.3) is 10.9 Å². The fourth-order valence-corrected chi connectivity index (χ4v) is 2.30. The highest BCUT2D eigenvalue weighted by atomic mass is 79.9. The van der Waals surface area contributed by atoms with E-state index in [-0.39, 0.29) is 0 Å². The molecule has 0 spiro atoms. The van der Waals surface area contributed by atoms with Crippen LogP contribution in [-0.4, -0.2) is 4.98 Å². The Morgan fingerprint density at radius 1 is 1.21 bits per heavy atom. The van der Waals surface area contributed by atoms with Crippen LogP contribution in [0.1, 0.15) is 5.56 Å². The minimum atomic E-state index is 0.633. The van der Waals surface area contributed by atoms with Crippen LogP contribution >= 0.6 is 43.5 Å². The molecule has 4 heteroatoms. The van der Waals surface area contributed by atoms with Crippen LogP contribution in [-0.2, 0) is 0 Å². The third kappa shape index (κ3) is 1.58. The van der Waals surface area contributed by atoms with Gasteiger partial charge in [-0.05, 0) is 44.3 Å². The number of benzene rings is 1. The van der Waals surface area contributed by atoms with Gasteiger partial charge in [-0.1, -0.05) is 23.7 Å². The Labute approximate surface area is 104 Å². The van der Waals surface area contributed by atoms with Crippen LogP contribution in [0.3, 0.4) is 0 Å². The van der Waals surface area contributed by atoms with Crippen molar-refractivity contribution < 1.29 is 0 Å². The molecule has 1 nitrogen and oxygen atoms in total. The topological polar surface area (TPSA) is 12.9 Å². The predicted molar refractivity (Wildman–Crippen MR) is 66.9 cm³/mol. The molecule has 0 aliphatic rings. The van der Waals surface area contributed by atoms with Gasteiger partial charge in [0.2, 0.25) is 0 Å². The maximum atomic E-state index is 5.96. The summed E-state index contributed by atoms with van der Waals surface area (Å²) in [6.07, 6.45) is 1.65. The normalized spacial score (nSPS) is 10.9. The van der Waals surface area contributed by atoms with Crippen LogP contribution < -0.4 is 0 Å². The van der Waals surface area contributed by atoms with Crippen LogP contribution in [0.15, 0.2) is 27.3 Å². The molecule has 0 unspecified atom stereocenters. The lowest BCUT2D eigenvalue weighted by Gasteiger charge is -2.05. The molecule has 0 saturated heterocycles. The lowest BCUT2D eigenvalue weighted by molar-refractivity contribution is 1.36. The van der Waals surface area contributed by atoms with Gasteiger partial charge in [-0.3, -0.25) is 4.98 Å². The van der Waals surface area contributed by atoms with Crippen molar-refractivity contribution in [1.29, 1.82) is 0 Å². The maximum Gasteiger partial charge on any atom is 0.0859 e. The molecular weight excluding hydrogens is 329 g/mol. The Kier molecular flexibility index (Phi) is 2.82. The van der Waals surface area contributed by atoms with E-state index in [4.69, 9.17) is 11.6 Å². The first-order chi connectivity index (χ1) is 6.61. The molecule has 0 aliphatic heterocycles. The molecule has 2 rings (SSSR count). The Balaban J connectivity index is 2.94. The molecule has 0 N–H and O–H groups in total. The molecule has 14 heavy (non-hydrogen) atoms. The van der Waals surface area contributed by atoms with Crippen LogP contribution in [0.5, 0.6) is 0 Å². The van der Waals surface area contributed by atoms with Crippen molar-refractivity contribution in [2.75, 3.05) is 0 Å². The van der Waals surface area contributed by atoms with Gasteiger partial charge in [0.05, 0.1) is 10.5 Å². The number of nitrogens with zero attached hydrogens (tertiary/aromatic N) is 1. The van der Waals surface area contributed by atoms with Crippen LogP contribution in [0, 0.1) is 6.92 Å². The number of pyridine rings is 1. The lowest BCUT2D eigenvalue weighted by Crippen LogP contribution is -1.85. The third-order valence-corrected chi connectivity index (χ3v) is 4.43. The van der Waals surface area contributed by atoms with E-state index < -0.39 is 0 Å². The second-order valence-corrected chi connectivity index (χ2v) is 5.01. The van der Waals surface area contributed by atoms with E-state index in [0.29, 0.717) is 5.02 Å². The molecule has 0 amide bonds. The summed E-state index contributed by atoms with van der Waals surface area (Å²) in [4.78, 5) is 4.29. The van der Waals surface area contributed by atoms with Crippen LogP contribution in [0.2, 0.25) is 5.02 Å². The quantitative estimate of drug-likeness (QED) is 0.679. The maximum absolute atomic E-state index is 5.96. The van der Waals surface area contributed by atoms with Crippen molar-refractivity contribution >= 4 is 54.4 Å². The van der Waals surface area contributed by atoms with E-state index in [9.17, 15) is 0 Å². The standard InChI is InChI=1S/C10H6Br2ClN/c1-5-2-3-6-9(12)7(13)4-14-10(6)8(5)11/h2-4H,1H3. The number of hydrogen-bond donors (Lipinski definition) is 0. The van der Waals surface area contributed by atoms with Gasteiger partial charge in [-0.25, -0.2) is 0 Å². The van der Waals surface area contributed by atoms with E-state index >= 15 is 0 Å². The van der Waals surface area contributed by atoms with Gasteiger partial charge in [-0.2, -0.15) is 0 Å². The van der Waals surface area contributed by atoms with Crippen molar-refractivity contribution in [1.82, 2.24) is 4.98 Å². The number of aromatic nitrogens is 1. The number of fused-ring (bicyclic) bond motifs is 1. The Morgan fingerprint density at radius 3 is 2.64 bits per heavy atom. The SMILES string of the molecule is Cc1ccc2c(Br)c(Cl)cnc2c1Br. The molecule has 0 saturated carbocycles. The molecule has 0 atom stereocenters. The lowest BCUT2D eigenvalue weighted by atomic mass is 10.1. The summed E-state index contributed by atoms with van der Waals surface area (Å²) < 4.78 is 1.91. The van der Waals surface area contributed by atoms with Crippen molar-refractivity contribution in [3.05, 3.63) is 37.9 Å². The zero-order valence-corrected chi connectivity index (χ0v) is 11.2. The average Bonchev–Trinajstić information content (AvgIpc) is 2.17. The van der Waals surface area contributed by atoms with Gasteiger partial charge >= 0.3 is 0 Å². The molecule has 1 heterocycles. The predicted octanol–water partition coefficient (Wildman–Crippen LogP) is 4.72. The van der Waals surface area contributed by atoms with Gasteiger partial charge in [0.15, 0.2) is 0 Å². The molecule has 1 aromatic carbocycles. The Morgan fingerprint density at radius 2 is 1.93 bits per heavy atom. The smallest absolute Gasteiger partial charge is 0.0859 e. The van der Waals surface area contributed by atoms with Crippen molar-refractivity contribution in [3.8, 4) is 0 Å². The fraction of sp³-hybridized carbons (Fsp3) is 0.100. The van der Waals surface area contributed by atoms with Crippen molar-refractivity contribution in [2.24, 2.45) is 0 Å². The fourth-order valence-electron chi connectivity index (χ4n) is 1.28. The summed E-state index contributed by atoms with van der Waals surface area (Å²) in [5.74, 6) is 0. The molecule has 1 aromatic heterocycles. The number of rotatable bonds is 0. The average molecular weight is 335 g/mol. The Hall–Kier alpha value is -0.120. The van der Waals surface area contributed by atoms with Gasteiger partial charge in [0.1, 0.15) is 0 Å². The molecule has 0 fully saturated rings. The highest BCUT2D eigenvalue weighted by molar-refractivity contribution is 9.11. The van der Waals surface area contributed by atoms with Gasteiger partial charge in [0, 0.05) is 20.5 Å². The molecule has 72 valence electrons. The first-order valence-electron chi connectivity index (χ1n) is 4.00. The molecular formula is C10H6Br2ClN. The summed E-state index contributed by atoms with van der Waals surface area (Å²) >= 11 is 12.9. The molecule has 0 radical (unpaired) electrons. The van der Waals surface area contributed by atoms with Crippen LogP contribution in [0.4, 0.5) is 0 Å². The monoisotopic (exact) mass is 333 g/mol. The summed E-state index contributed by atoms with van der Waals surface area (Å²) in [6, 6.07) is 4.05. The van der Waals surface area contributed by atoms with E-state index in [0.717, 1.165) is 19.8 Å². The summed E-state index contributed by atoms with van der Waals surface area (Å²) in [5, 5.41) is 1.66. The first-order valence-corrected chi connectivity index (χ1v) is 5.96. The van der Waals surface area contributed by atoms with Crippen molar-refractivity contribution in [3.63, 3.8) is 0 Å². The first kappa shape index (κ1) is 10.4. The minimum Gasteiger partial charge on any atom is -0.253 e. The van der Waals surface area contributed by atoms with E-state index in [1.165, 1.54) is 5.56 Å². The zero-order valence-electron chi connectivity index (χ0n) is 7.31. The van der Waals surface area contributed by atoms with Gasteiger partial charge in [0.25, 0.3) is 0 Å². The third-order valence-electron chi connectivity index (χ3n) is 2.06. The highest BCUT2D eigenvalue weighted by Crippen LogP contribution is 2.34. The van der Waals surface area contributed by atoms with Gasteiger partial charge in [-0.15, -0.1) is 0 Å². The Bertz CT molecular complexity index is 464. The second-order valence-electron chi connectivity index (χ2n) is 3.01. The van der Waals surface area contributed by atoms with Crippen molar-refractivity contribution in [2.45, 2.75) is 6.92 Å². The number of aryl methyl sites for hydroxylation is 1. The number of halogens is 3. The second kappa shape index (κ2) is 3.80. The van der Waals surface area contributed by atoms with Gasteiger partial charge < -0.3 is 0 Å². The van der Waals surface area contributed by atoms with E-state index in [1.807, 2.05) is 19.1 Å². The molecule has 0 aliphatic carbocycles. The largest absolute Gasteiger partial charge is 0.253 e. The molecule has 0 bridgehead atoms.